The van der Waals surface area contributed by atoms with E-state index >= 15 is 0 Å². The number of hydrogen-bond acceptors (Lipinski definition) is 13. The molecule has 6 heterocycles. The molecule has 109 heavy (non-hydrogen) atoms. The lowest BCUT2D eigenvalue weighted by atomic mass is 9.70. The SMILES string of the molecule is CC(=O)CC1CCC(C)CC1.CC1CCC(C(=O)O)CC1.CC1CCC(C(C)(C)C)CC1.CC1CCC(C)CC1.CC1CCCC(C(C)(C)O)C1.CC1CCCC(C)C1.CC1COC(C(C)(C)O)C(O)C1.CC1COC(C(C)(C)O)C1.CC1COC2C(C)COC12.CCC1CC(C)CO1.CCC1OCC(C)CC1O. The van der Waals surface area contributed by atoms with Gasteiger partial charge >= 0.3 is 5.97 Å². The van der Waals surface area contributed by atoms with Crippen molar-refractivity contribution in [1.82, 2.24) is 0 Å². The van der Waals surface area contributed by atoms with Crippen LogP contribution in [0.5, 0.6) is 0 Å². The van der Waals surface area contributed by atoms with Crippen LogP contribution in [0, 0.1) is 112 Å². The molecule has 6 aliphatic carbocycles. The summed E-state index contributed by atoms with van der Waals surface area (Å²) in [4.78, 5) is 21.3. The molecule has 0 spiro atoms. The second-order valence-electron chi connectivity index (χ2n) is 41.6. The predicted molar refractivity (Wildman–Crippen MR) is 454 cm³/mol. The maximum absolute atomic E-state index is 10.8. The van der Waals surface area contributed by atoms with Crippen LogP contribution in [0.25, 0.3) is 0 Å². The number of aliphatic hydroxyl groups excluding tert-OH is 2. The number of carbonyl (C=O) groups excluding carboxylic acids is 1. The summed E-state index contributed by atoms with van der Waals surface area (Å²) >= 11 is 0. The fraction of sp³-hybridized carbons (Fsp3) is 0.979. The van der Waals surface area contributed by atoms with Crippen LogP contribution in [-0.2, 0) is 38.0 Å². The summed E-state index contributed by atoms with van der Waals surface area (Å²) in [7, 11) is 0. The molecule has 14 heteroatoms. The number of rotatable bonds is 8. The van der Waals surface area contributed by atoms with Crippen LogP contribution in [0.2, 0.25) is 0 Å². The van der Waals surface area contributed by atoms with Crippen molar-refractivity contribution >= 4 is 11.8 Å². The van der Waals surface area contributed by atoms with Gasteiger partial charge < -0.3 is 63.9 Å². The van der Waals surface area contributed by atoms with Crippen LogP contribution in [0.1, 0.15) is 379 Å². The van der Waals surface area contributed by atoms with E-state index in [9.17, 15) is 35.1 Å². The van der Waals surface area contributed by atoms with Gasteiger partial charge in [0.25, 0.3) is 0 Å². The quantitative estimate of drug-likeness (QED) is 0.134. The van der Waals surface area contributed by atoms with E-state index in [0.29, 0.717) is 84.0 Å². The number of Topliss-reactive ketones (excluding diaryl/α,β-unsaturated/α-hetero) is 1. The summed E-state index contributed by atoms with van der Waals surface area (Å²) < 4.78 is 32.7. The molecule has 6 N–H and O–H groups in total. The molecule has 0 radical (unpaired) electrons. The Balaban J connectivity index is 0.000000408. The minimum atomic E-state index is -0.945. The average Bonchev–Trinajstić information content (AvgIpc) is 1.70. The van der Waals surface area contributed by atoms with Crippen molar-refractivity contribution in [2.45, 2.75) is 445 Å². The average molecular weight is 1550 g/mol. The molecule has 14 nitrogen and oxygen atoms in total. The Hall–Kier alpha value is -1.30. The highest BCUT2D eigenvalue weighted by molar-refractivity contribution is 5.75. The normalized spacial score (nSPS) is 37.9. The Bertz CT molecular complexity index is 2240. The van der Waals surface area contributed by atoms with Gasteiger partial charge in [-0.05, 0) is 252 Å². The highest BCUT2D eigenvalue weighted by Crippen LogP contribution is 2.41. The van der Waals surface area contributed by atoms with Crippen LogP contribution in [-0.4, -0.2) is 148 Å². The van der Waals surface area contributed by atoms with Crippen LogP contribution in [0.4, 0.5) is 0 Å². The van der Waals surface area contributed by atoms with Crippen molar-refractivity contribution in [2.24, 2.45) is 112 Å². The Morgan fingerprint density at radius 1 is 0.358 bits per heavy atom. The lowest BCUT2D eigenvalue weighted by Gasteiger charge is -2.38. The summed E-state index contributed by atoms with van der Waals surface area (Å²) in [6.07, 6.45) is 39.0. The fourth-order valence-corrected chi connectivity index (χ4v) is 18.2. The third kappa shape index (κ3) is 45.3. The lowest BCUT2D eigenvalue weighted by molar-refractivity contribution is -0.172. The van der Waals surface area contributed by atoms with Crippen molar-refractivity contribution in [2.75, 3.05) is 39.6 Å². The largest absolute Gasteiger partial charge is 0.481 e. The molecule has 6 aliphatic heterocycles. The van der Waals surface area contributed by atoms with Crippen molar-refractivity contribution < 1.29 is 68.6 Å². The Morgan fingerprint density at radius 2 is 0.752 bits per heavy atom. The van der Waals surface area contributed by atoms with Crippen molar-refractivity contribution in [3.8, 4) is 0 Å². The first-order valence-electron chi connectivity index (χ1n) is 45.7. The first kappa shape index (κ1) is 104. The van der Waals surface area contributed by atoms with Gasteiger partial charge in [-0.2, -0.15) is 0 Å². The van der Waals surface area contributed by atoms with Gasteiger partial charge in [0, 0.05) is 44.7 Å². The zero-order valence-corrected chi connectivity index (χ0v) is 76.1. The zero-order valence-electron chi connectivity index (χ0n) is 76.1. The number of fused-ring (bicyclic) bond motifs is 1. The molecule has 12 rings (SSSR count). The van der Waals surface area contributed by atoms with Crippen LogP contribution in [0.15, 0.2) is 0 Å². The third-order valence-corrected chi connectivity index (χ3v) is 26.3. The molecule has 0 aromatic rings. The summed E-state index contributed by atoms with van der Waals surface area (Å²) in [5, 5.41) is 56.5. The molecule has 0 bridgehead atoms. The molecule has 6 saturated heterocycles. The number of hydrogen-bond donors (Lipinski definition) is 6. The first-order chi connectivity index (χ1) is 50.7. The molecule has 0 amide bonds. The van der Waals surface area contributed by atoms with Crippen molar-refractivity contribution in [3.63, 3.8) is 0 Å². The van der Waals surface area contributed by atoms with Gasteiger partial charge in [0.05, 0.1) is 78.7 Å². The summed E-state index contributed by atoms with van der Waals surface area (Å²) in [5.74, 6) is 13.0. The van der Waals surface area contributed by atoms with Gasteiger partial charge in [-0.1, -0.05) is 215 Å². The molecule has 648 valence electrons. The maximum Gasteiger partial charge on any atom is 0.306 e. The second-order valence-corrected chi connectivity index (χ2v) is 41.6. The van der Waals surface area contributed by atoms with Crippen LogP contribution >= 0.6 is 0 Å². The number of ketones is 1. The topological polar surface area (TPSA) is 211 Å². The number of aliphatic carboxylic acids is 1. The highest BCUT2D eigenvalue weighted by Gasteiger charge is 2.44. The fourth-order valence-electron chi connectivity index (χ4n) is 18.2. The van der Waals surface area contributed by atoms with Crippen LogP contribution < -0.4 is 0 Å². The summed E-state index contributed by atoms with van der Waals surface area (Å²) in [6, 6.07) is 0. The van der Waals surface area contributed by atoms with Gasteiger partial charge in [0.2, 0.25) is 0 Å². The molecule has 6 saturated carbocycles. The minimum Gasteiger partial charge on any atom is -0.481 e. The number of ether oxygens (including phenoxy) is 6. The number of carboxylic acids is 1. The monoisotopic (exact) mass is 1550 g/mol. The van der Waals surface area contributed by atoms with Crippen molar-refractivity contribution in [3.05, 3.63) is 0 Å². The number of carboxylic acid groups (broad SMARTS) is 1. The Morgan fingerprint density at radius 3 is 1.06 bits per heavy atom. The van der Waals surface area contributed by atoms with E-state index in [0.717, 1.165) is 144 Å². The molecule has 12 aliphatic rings. The van der Waals surface area contributed by atoms with E-state index in [1.807, 2.05) is 27.7 Å². The zero-order chi connectivity index (χ0) is 82.6. The summed E-state index contributed by atoms with van der Waals surface area (Å²) in [5.41, 5.74) is -1.50. The smallest absolute Gasteiger partial charge is 0.306 e. The van der Waals surface area contributed by atoms with Gasteiger partial charge in [0.1, 0.15) is 11.9 Å². The van der Waals surface area contributed by atoms with E-state index < -0.39 is 35.0 Å². The van der Waals surface area contributed by atoms with Crippen molar-refractivity contribution in [1.29, 1.82) is 0 Å². The third-order valence-electron chi connectivity index (χ3n) is 26.3. The lowest BCUT2D eigenvalue weighted by Crippen LogP contribution is -2.50. The van der Waals surface area contributed by atoms with E-state index in [-0.39, 0.29) is 24.2 Å². The van der Waals surface area contributed by atoms with Gasteiger partial charge in [-0.15, -0.1) is 0 Å². The van der Waals surface area contributed by atoms with E-state index in [1.54, 1.807) is 34.6 Å². The second kappa shape index (κ2) is 53.2. The van der Waals surface area contributed by atoms with Gasteiger partial charge in [-0.25, -0.2) is 0 Å². The molecule has 12 fully saturated rings. The number of carbonyl (C=O) groups is 2. The molecule has 0 aromatic heterocycles. The standard InChI is InChI=1S/C11H22.C10H20O.C10H18O.C9H18O3.C8H14O2.C8H16O2.C8H14O2.C8H16O2.2C8H16.C7H14O/c1-9-5-7-10(8-6-9)11(2,3)4;1-8-5-4-6-9(7-8)10(2,3)11;1-8-3-5-10(6-4-8)7-9(2)11;1-6-4-7(10)8(12-5-6)9(2,3)11;1-5-3-9-8-6(2)4-10-7(5)8;1-6-4-7(10-5-6)8(2,3)9;1-6-2-4-7(5-3-6)8(9)10;1-3-8-7(9)4-6(2)5-10-8;1-7-3-5-8(2)6-4-7;1-7-4-3-5-8(2)6-7;1-3-7-4-6(2)5-8-7/h9-10H,5-8H2,1-4H3;8-9,11H,4-7H2,1-3H3;8,10H,3-7H2,1-2H3;6-8,10-11H,4-5H2,1-3H3;5-8H,3-4H2,1-2H3;6-7,9H,4-5H2,1-3H3;6-7H,2-5H2,1H3,(H,9,10);6-9H,3-5H2,1-2H3;2*7-8H,3-6H2,1-2H3;6-7H,3-5H2,1-2H3. The highest BCUT2D eigenvalue weighted by atomic mass is 16.6. The van der Waals surface area contributed by atoms with E-state index in [2.05, 4.69) is 118 Å². The number of aliphatic hydroxyl groups is 5. The minimum absolute atomic E-state index is 0.0440. The van der Waals surface area contributed by atoms with Gasteiger partial charge in [0.15, 0.2) is 0 Å². The molecule has 18 unspecified atom stereocenters. The Kier molecular flexibility index (Phi) is 50.6. The van der Waals surface area contributed by atoms with Crippen LogP contribution in [0.3, 0.4) is 0 Å². The summed E-state index contributed by atoms with van der Waals surface area (Å²) in [6.45, 7) is 60.5. The van der Waals surface area contributed by atoms with E-state index in [4.69, 9.17) is 33.5 Å². The Labute approximate surface area is 673 Å². The molecule has 0 aromatic carbocycles. The first-order valence-corrected chi connectivity index (χ1v) is 45.7. The predicted octanol–water partition coefficient (Wildman–Crippen LogP) is 22.6. The molecular formula is C95H184O14. The molecular weight excluding hydrogens is 1370 g/mol. The maximum atomic E-state index is 10.8. The van der Waals surface area contributed by atoms with Gasteiger partial charge in [-0.3, -0.25) is 4.79 Å². The molecule has 18 atom stereocenters. The van der Waals surface area contributed by atoms with E-state index in [1.165, 1.54) is 141 Å².